The number of rotatable bonds is 3. The molecule has 1 aromatic heterocycles. The molecular formula is C14H21N2O+. The predicted molar refractivity (Wildman–Crippen MR) is 71.2 cm³/mol. The first-order valence-corrected chi connectivity index (χ1v) is 5.95. The highest BCUT2D eigenvalue weighted by molar-refractivity contribution is 5.89. The van der Waals surface area contributed by atoms with Crippen LogP contribution in [0.2, 0.25) is 0 Å². The zero-order valence-electron chi connectivity index (χ0n) is 11.1. The number of benzene rings is 1. The predicted octanol–water partition coefficient (Wildman–Crippen LogP) is 2.13. The molecule has 0 aliphatic heterocycles. The van der Waals surface area contributed by atoms with E-state index in [4.69, 9.17) is 0 Å². The van der Waals surface area contributed by atoms with Crippen LogP contribution in [0.4, 0.5) is 0 Å². The quantitative estimate of drug-likeness (QED) is 0.807. The van der Waals surface area contributed by atoms with Gasteiger partial charge in [0, 0.05) is 25.1 Å². The number of aryl methyl sites for hydroxylation is 1. The third-order valence-corrected chi connectivity index (χ3v) is 3.12. The van der Waals surface area contributed by atoms with Crippen LogP contribution in [0.25, 0.3) is 10.9 Å². The van der Waals surface area contributed by atoms with Gasteiger partial charge in [-0.1, -0.05) is 6.07 Å². The highest BCUT2D eigenvalue weighted by atomic mass is 16.3. The Morgan fingerprint density at radius 3 is 2.59 bits per heavy atom. The lowest BCUT2D eigenvalue weighted by Gasteiger charge is -2.23. The zero-order chi connectivity index (χ0) is 12.6. The fraction of sp³-hybridized carbons (Fsp3) is 0.429. The maximum absolute atomic E-state index is 9.98. The van der Waals surface area contributed by atoms with Crippen LogP contribution in [0, 0.1) is 0 Å². The summed E-state index contributed by atoms with van der Waals surface area (Å²) in [7, 11) is 8.58. The molecule has 0 fully saturated rings. The lowest BCUT2D eigenvalue weighted by molar-refractivity contribution is -0.870. The van der Waals surface area contributed by atoms with Gasteiger partial charge in [-0.25, -0.2) is 0 Å². The molecule has 0 bridgehead atoms. The second kappa shape index (κ2) is 4.08. The molecule has 3 nitrogen and oxygen atoms in total. The van der Waals surface area contributed by atoms with E-state index >= 15 is 0 Å². The molecule has 2 aromatic rings. The maximum Gasteiger partial charge on any atom is 0.125 e. The minimum absolute atomic E-state index is 0.388. The van der Waals surface area contributed by atoms with E-state index in [0.29, 0.717) is 5.75 Å². The van der Waals surface area contributed by atoms with Crippen LogP contribution in [-0.2, 0) is 13.5 Å². The summed E-state index contributed by atoms with van der Waals surface area (Å²) >= 11 is 0. The molecule has 2 rings (SSSR count). The van der Waals surface area contributed by atoms with Crippen LogP contribution in [0.1, 0.15) is 5.56 Å². The number of hydrogen-bond acceptors (Lipinski definition) is 1. The fourth-order valence-electron chi connectivity index (χ4n) is 2.16. The number of fused-ring (bicyclic) bond motifs is 1. The molecule has 0 radical (unpaired) electrons. The van der Waals surface area contributed by atoms with Crippen LogP contribution in [0.5, 0.6) is 5.75 Å². The van der Waals surface area contributed by atoms with E-state index in [0.717, 1.165) is 28.4 Å². The van der Waals surface area contributed by atoms with Gasteiger partial charge in [0.1, 0.15) is 5.75 Å². The van der Waals surface area contributed by atoms with Crippen molar-refractivity contribution >= 4 is 10.9 Å². The summed E-state index contributed by atoms with van der Waals surface area (Å²) in [6.45, 7) is 1.06. The highest BCUT2D eigenvalue weighted by Crippen LogP contribution is 2.29. The molecule has 0 atom stereocenters. The molecule has 0 aliphatic rings. The van der Waals surface area contributed by atoms with Gasteiger partial charge in [0.15, 0.2) is 0 Å². The van der Waals surface area contributed by atoms with Crippen molar-refractivity contribution < 1.29 is 9.59 Å². The number of nitrogens with zero attached hydrogens (tertiary/aromatic N) is 2. The minimum atomic E-state index is 0.388. The Morgan fingerprint density at radius 2 is 1.94 bits per heavy atom. The van der Waals surface area contributed by atoms with E-state index in [9.17, 15) is 5.11 Å². The smallest absolute Gasteiger partial charge is 0.125 e. The number of aromatic nitrogens is 1. The molecular weight excluding hydrogens is 212 g/mol. The molecule has 0 spiro atoms. The van der Waals surface area contributed by atoms with Crippen molar-refractivity contribution in [3.8, 4) is 5.75 Å². The van der Waals surface area contributed by atoms with Gasteiger partial charge in [-0.15, -0.1) is 0 Å². The molecule has 3 heteroatoms. The first-order chi connectivity index (χ1) is 7.88. The highest BCUT2D eigenvalue weighted by Gasteiger charge is 2.13. The van der Waals surface area contributed by atoms with Gasteiger partial charge in [0.2, 0.25) is 0 Å². The molecule has 0 unspecified atom stereocenters. The lowest BCUT2D eigenvalue weighted by Crippen LogP contribution is -2.36. The summed E-state index contributed by atoms with van der Waals surface area (Å²) < 4.78 is 3.02. The summed E-state index contributed by atoms with van der Waals surface area (Å²) in [6.07, 6.45) is 3.11. The van der Waals surface area contributed by atoms with E-state index in [2.05, 4.69) is 31.9 Å². The minimum Gasteiger partial charge on any atom is -0.507 e. The topological polar surface area (TPSA) is 25.2 Å². The number of phenols is 1. The third kappa shape index (κ3) is 2.44. The number of aromatic hydroxyl groups is 1. The molecule has 0 saturated heterocycles. The van der Waals surface area contributed by atoms with Crippen LogP contribution in [0.3, 0.4) is 0 Å². The summed E-state index contributed by atoms with van der Waals surface area (Å²) in [5.41, 5.74) is 2.33. The van der Waals surface area contributed by atoms with E-state index < -0.39 is 0 Å². The van der Waals surface area contributed by atoms with Gasteiger partial charge in [-0.05, 0) is 17.7 Å². The van der Waals surface area contributed by atoms with Crippen molar-refractivity contribution in [1.82, 2.24) is 4.57 Å². The van der Waals surface area contributed by atoms with E-state index in [-0.39, 0.29) is 0 Å². The number of phenolic OH excluding ortho intramolecular Hbond substituents is 1. The number of hydrogen-bond donors (Lipinski definition) is 1. The Hall–Kier alpha value is -1.48. The molecule has 1 aromatic carbocycles. The first kappa shape index (κ1) is 12.0. The van der Waals surface area contributed by atoms with Gasteiger partial charge in [0.05, 0.1) is 33.2 Å². The average molecular weight is 233 g/mol. The van der Waals surface area contributed by atoms with Crippen LogP contribution in [-0.4, -0.2) is 41.8 Å². The molecule has 0 amide bonds. The lowest BCUT2D eigenvalue weighted by atomic mass is 10.1. The molecule has 0 aliphatic carbocycles. The second-order valence-electron chi connectivity index (χ2n) is 5.70. The monoisotopic (exact) mass is 233 g/mol. The third-order valence-electron chi connectivity index (χ3n) is 3.12. The second-order valence-corrected chi connectivity index (χ2v) is 5.70. The van der Waals surface area contributed by atoms with Gasteiger partial charge < -0.3 is 14.2 Å². The van der Waals surface area contributed by atoms with Crippen LogP contribution in [0.15, 0.2) is 24.4 Å². The van der Waals surface area contributed by atoms with Gasteiger partial charge in [-0.2, -0.15) is 0 Å². The van der Waals surface area contributed by atoms with Gasteiger partial charge in [0.25, 0.3) is 0 Å². The Bertz CT molecular complexity index is 535. The van der Waals surface area contributed by atoms with Gasteiger partial charge in [-0.3, -0.25) is 0 Å². The average Bonchev–Trinajstić information content (AvgIpc) is 2.54. The summed E-state index contributed by atoms with van der Waals surface area (Å²) in [6, 6.07) is 5.70. The molecule has 92 valence electrons. The van der Waals surface area contributed by atoms with E-state index in [1.54, 1.807) is 6.07 Å². The standard InChI is InChI=1S/C14H20N2O/c1-15-10-11(8-9-16(2,3)4)14-12(15)6-5-7-13(14)17/h5-7,10H,8-9H2,1-4H3/p+1. The van der Waals surface area contributed by atoms with Crippen molar-refractivity contribution in [3.63, 3.8) is 0 Å². The van der Waals surface area contributed by atoms with Crippen molar-refractivity contribution in [2.24, 2.45) is 7.05 Å². The SMILES string of the molecule is Cn1cc(CC[N+](C)(C)C)c2c(O)cccc21. The molecule has 1 heterocycles. The summed E-state index contributed by atoms with van der Waals surface area (Å²) in [4.78, 5) is 0. The molecule has 1 N–H and O–H groups in total. The normalized spacial score (nSPS) is 12.2. The zero-order valence-corrected chi connectivity index (χ0v) is 11.1. The number of quaternary nitrogens is 1. The van der Waals surface area contributed by atoms with Crippen molar-refractivity contribution in [2.45, 2.75) is 6.42 Å². The summed E-state index contributed by atoms with van der Waals surface area (Å²) in [5.74, 6) is 0.388. The first-order valence-electron chi connectivity index (χ1n) is 5.95. The van der Waals surface area contributed by atoms with Crippen LogP contribution < -0.4 is 0 Å². The fourth-order valence-corrected chi connectivity index (χ4v) is 2.16. The Labute approximate surface area is 102 Å². The molecule has 17 heavy (non-hydrogen) atoms. The largest absolute Gasteiger partial charge is 0.507 e. The Balaban J connectivity index is 2.41. The van der Waals surface area contributed by atoms with Crippen molar-refractivity contribution in [1.29, 1.82) is 0 Å². The summed E-state index contributed by atoms with van der Waals surface area (Å²) in [5, 5.41) is 11.0. The van der Waals surface area contributed by atoms with E-state index in [1.165, 1.54) is 5.56 Å². The van der Waals surface area contributed by atoms with Crippen molar-refractivity contribution in [3.05, 3.63) is 30.0 Å². The molecule has 0 saturated carbocycles. The van der Waals surface area contributed by atoms with E-state index in [1.807, 2.05) is 19.2 Å². The Kier molecular flexibility index (Phi) is 2.87. The number of likely N-dealkylation sites (N-methyl/N-ethyl adjacent to an activating group) is 1. The maximum atomic E-state index is 9.98. The Morgan fingerprint density at radius 1 is 1.24 bits per heavy atom. The van der Waals surface area contributed by atoms with Crippen LogP contribution >= 0.6 is 0 Å². The van der Waals surface area contributed by atoms with Gasteiger partial charge >= 0.3 is 0 Å². The van der Waals surface area contributed by atoms with Crippen molar-refractivity contribution in [2.75, 3.05) is 27.7 Å².